The van der Waals surface area contributed by atoms with Gasteiger partial charge in [-0.3, -0.25) is 14.8 Å². The summed E-state index contributed by atoms with van der Waals surface area (Å²) < 4.78 is 5.13. The van der Waals surface area contributed by atoms with Crippen LogP contribution in [0.5, 0.6) is 0 Å². The highest BCUT2D eigenvalue weighted by Gasteiger charge is 2.54. The first-order valence-corrected chi connectivity index (χ1v) is 5.30. The fourth-order valence-electron chi connectivity index (χ4n) is 1.70. The third kappa shape index (κ3) is 2.35. The smallest absolute Gasteiger partial charge is 0.307 e. The number of esters is 1. The van der Waals surface area contributed by atoms with E-state index in [4.69, 9.17) is 4.74 Å². The number of nitrogens with zero attached hydrogens (tertiary/aromatic N) is 1. The summed E-state index contributed by atoms with van der Waals surface area (Å²) in [5, 5.41) is 9.96. The van der Waals surface area contributed by atoms with Crippen LogP contribution in [-0.4, -0.2) is 33.3 Å². The number of hydrogen-bond donors (Lipinski definition) is 1. The van der Waals surface area contributed by atoms with Crippen molar-refractivity contribution in [2.24, 2.45) is 5.92 Å². The lowest BCUT2D eigenvalue weighted by Gasteiger charge is -2.49. The molecule has 1 rings (SSSR count). The van der Waals surface area contributed by atoms with Gasteiger partial charge in [-0.2, -0.15) is 0 Å². The van der Waals surface area contributed by atoms with E-state index in [2.05, 4.69) is 0 Å². The van der Waals surface area contributed by atoms with Crippen LogP contribution in [0.1, 0.15) is 41.0 Å². The van der Waals surface area contributed by atoms with E-state index >= 15 is 0 Å². The summed E-state index contributed by atoms with van der Waals surface area (Å²) in [5.41, 5.74) is -1.24. The van der Waals surface area contributed by atoms with Crippen LogP contribution >= 0.6 is 0 Å². The molecular formula is C11H19NO4. The Morgan fingerprint density at radius 3 is 2.38 bits per heavy atom. The topological polar surface area (TPSA) is 66.8 Å². The average molecular weight is 229 g/mol. The van der Waals surface area contributed by atoms with Crippen molar-refractivity contribution in [1.82, 2.24) is 5.06 Å². The number of carbonyl (C=O) groups excluding carboxylic acids is 2. The first kappa shape index (κ1) is 13.0. The maximum atomic E-state index is 11.5. The van der Waals surface area contributed by atoms with Gasteiger partial charge in [0.2, 0.25) is 0 Å². The summed E-state index contributed by atoms with van der Waals surface area (Å²) in [4.78, 5) is 22.9. The number of ether oxygens (including phenoxy) is 1. The number of carbonyl (C=O) groups is 2. The van der Waals surface area contributed by atoms with E-state index in [1.807, 2.05) is 0 Å². The molecule has 1 N–H and O–H groups in total. The van der Waals surface area contributed by atoms with E-state index in [1.165, 1.54) is 0 Å². The van der Waals surface area contributed by atoms with Crippen LogP contribution in [0.25, 0.3) is 0 Å². The lowest BCUT2D eigenvalue weighted by molar-refractivity contribution is -0.243. The molecule has 1 aliphatic heterocycles. The van der Waals surface area contributed by atoms with E-state index < -0.39 is 28.9 Å². The standard InChI is InChI=1S/C11H19NO4/c1-10(2,3)16-8(13)6-7-9(14)12(15)11(7,4)5/h7,15H,6H2,1-5H3/t7-/m1/s1. The molecule has 1 aliphatic rings. The Balaban J connectivity index is 2.57. The molecule has 0 aliphatic carbocycles. The van der Waals surface area contributed by atoms with Gasteiger partial charge in [-0.05, 0) is 34.6 Å². The van der Waals surface area contributed by atoms with Crippen LogP contribution in [0.3, 0.4) is 0 Å². The molecule has 92 valence electrons. The molecule has 0 unspecified atom stereocenters. The Morgan fingerprint density at radius 1 is 1.50 bits per heavy atom. The van der Waals surface area contributed by atoms with Crippen molar-refractivity contribution >= 4 is 11.9 Å². The zero-order valence-electron chi connectivity index (χ0n) is 10.4. The zero-order chi connectivity index (χ0) is 12.7. The maximum absolute atomic E-state index is 11.5. The Bertz CT molecular complexity index is 316. The van der Waals surface area contributed by atoms with Crippen LogP contribution in [0.15, 0.2) is 0 Å². The van der Waals surface area contributed by atoms with Crippen LogP contribution in [0.4, 0.5) is 0 Å². The molecule has 0 bridgehead atoms. The molecule has 1 atom stereocenters. The minimum atomic E-state index is -0.687. The predicted octanol–water partition coefficient (Wildman–Crippen LogP) is 1.34. The first-order chi connectivity index (χ1) is 7.05. The Kier molecular flexibility index (Phi) is 3.02. The van der Waals surface area contributed by atoms with Crippen LogP contribution in [-0.2, 0) is 14.3 Å². The normalized spacial score (nSPS) is 24.0. The maximum Gasteiger partial charge on any atom is 0.307 e. The van der Waals surface area contributed by atoms with E-state index in [1.54, 1.807) is 34.6 Å². The van der Waals surface area contributed by atoms with Gasteiger partial charge >= 0.3 is 5.97 Å². The van der Waals surface area contributed by atoms with Gasteiger partial charge in [0, 0.05) is 0 Å². The van der Waals surface area contributed by atoms with Crippen LogP contribution < -0.4 is 0 Å². The monoisotopic (exact) mass is 229 g/mol. The van der Waals surface area contributed by atoms with Gasteiger partial charge in [0.25, 0.3) is 5.91 Å². The second kappa shape index (κ2) is 3.73. The second-order valence-electron chi connectivity index (χ2n) is 5.65. The van der Waals surface area contributed by atoms with Crippen molar-refractivity contribution in [2.75, 3.05) is 0 Å². The molecule has 1 fully saturated rings. The summed E-state index contributed by atoms with van der Waals surface area (Å²) in [5.74, 6) is -1.32. The number of hydrogen-bond acceptors (Lipinski definition) is 4. The van der Waals surface area contributed by atoms with Gasteiger partial charge in [0.05, 0.1) is 17.9 Å². The molecular weight excluding hydrogens is 210 g/mol. The number of hydroxylamine groups is 2. The minimum absolute atomic E-state index is 0.0141. The van der Waals surface area contributed by atoms with Gasteiger partial charge in [-0.15, -0.1) is 0 Å². The minimum Gasteiger partial charge on any atom is -0.460 e. The zero-order valence-corrected chi connectivity index (χ0v) is 10.4. The summed E-state index contributed by atoms with van der Waals surface area (Å²) in [7, 11) is 0. The van der Waals surface area contributed by atoms with Crippen LogP contribution in [0.2, 0.25) is 0 Å². The summed E-state index contributed by atoms with van der Waals surface area (Å²) >= 11 is 0. The molecule has 1 amide bonds. The third-order valence-corrected chi connectivity index (χ3v) is 2.70. The molecule has 0 saturated carbocycles. The van der Waals surface area contributed by atoms with Gasteiger partial charge in [0.1, 0.15) is 5.60 Å². The van der Waals surface area contributed by atoms with E-state index in [9.17, 15) is 14.8 Å². The molecule has 5 heteroatoms. The molecule has 0 aromatic carbocycles. The first-order valence-electron chi connectivity index (χ1n) is 5.30. The van der Waals surface area contributed by atoms with Crippen molar-refractivity contribution < 1.29 is 19.5 Å². The van der Waals surface area contributed by atoms with Crippen LogP contribution in [0, 0.1) is 5.92 Å². The summed E-state index contributed by atoms with van der Waals surface area (Å²) in [6, 6.07) is 0. The van der Waals surface area contributed by atoms with Crippen molar-refractivity contribution in [1.29, 1.82) is 0 Å². The molecule has 1 saturated heterocycles. The second-order valence-corrected chi connectivity index (χ2v) is 5.65. The van der Waals surface area contributed by atoms with Gasteiger partial charge in [-0.1, -0.05) is 0 Å². The third-order valence-electron chi connectivity index (χ3n) is 2.70. The van der Waals surface area contributed by atoms with Crippen molar-refractivity contribution in [3.63, 3.8) is 0 Å². The van der Waals surface area contributed by atoms with Crippen molar-refractivity contribution in [2.45, 2.75) is 52.2 Å². The molecule has 1 heterocycles. The highest BCUT2D eigenvalue weighted by molar-refractivity contribution is 5.90. The van der Waals surface area contributed by atoms with E-state index in [0.717, 1.165) is 0 Å². The average Bonchev–Trinajstić information content (AvgIpc) is 2.09. The number of β-lactam (4-membered cyclic amide) rings is 1. The Hall–Kier alpha value is -1.10. The Labute approximate surface area is 95.3 Å². The largest absolute Gasteiger partial charge is 0.460 e. The number of amides is 1. The Morgan fingerprint density at radius 2 is 2.00 bits per heavy atom. The van der Waals surface area contributed by atoms with Gasteiger partial charge in [0.15, 0.2) is 0 Å². The van der Waals surface area contributed by atoms with E-state index in [0.29, 0.717) is 5.06 Å². The highest BCUT2D eigenvalue weighted by Crippen LogP contribution is 2.38. The lowest BCUT2D eigenvalue weighted by atomic mass is 9.76. The highest BCUT2D eigenvalue weighted by atomic mass is 16.6. The molecule has 0 aromatic heterocycles. The SMILES string of the molecule is CC(C)(C)OC(=O)C[C@@H]1C(=O)N(O)C1(C)C. The van der Waals surface area contributed by atoms with E-state index in [-0.39, 0.29) is 6.42 Å². The van der Waals surface area contributed by atoms with Gasteiger partial charge < -0.3 is 4.74 Å². The molecule has 5 nitrogen and oxygen atoms in total. The fourth-order valence-corrected chi connectivity index (χ4v) is 1.70. The molecule has 0 radical (unpaired) electrons. The molecule has 0 aromatic rings. The summed E-state index contributed by atoms with van der Waals surface area (Å²) in [6.45, 7) is 8.75. The van der Waals surface area contributed by atoms with Gasteiger partial charge in [-0.25, -0.2) is 5.06 Å². The molecule has 0 spiro atoms. The summed E-state index contributed by atoms with van der Waals surface area (Å²) in [6.07, 6.45) is 0.0141. The quantitative estimate of drug-likeness (QED) is 0.441. The molecule has 16 heavy (non-hydrogen) atoms. The predicted molar refractivity (Wildman–Crippen MR) is 56.7 cm³/mol. The number of rotatable bonds is 2. The van der Waals surface area contributed by atoms with Crippen molar-refractivity contribution in [3.8, 4) is 0 Å². The fraction of sp³-hybridized carbons (Fsp3) is 0.818. The lowest BCUT2D eigenvalue weighted by Crippen LogP contribution is -2.66. The van der Waals surface area contributed by atoms with Crippen molar-refractivity contribution in [3.05, 3.63) is 0 Å².